The van der Waals surface area contributed by atoms with Gasteiger partial charge in [-0.3, -0.25) is 4.79 Å². The lowest BCUT2D eigenvalue weighted by molar-refractivity contribution is -0.120. The highest BCUT2D eigenvalue weighted by molar-refractivity contribution is 5.77. The van der Waals surface area contributed by atoms with Gasteiger partial charge in [0.15, 0.2) is 0 Å². The van der Waals surface area contributed by atoms with Crippen LogP contribution in [0.15, 0.2) is 0 Å². The third-order valence-corrected chi connectivity index (χ3v) is 2.25. The Balaban J connectivity index is 3.52. The average molecular weight is 200 g/mol. The van der Waals surface area contributed by atoms with Crippen molar-refractivity contribution in [2.45, 2.75) is 52.5 Å². The summed E-state index contributed by atoms with van der Waals surface area (Å²) in [5.74, 6) is 0.112. The van der Waals surface area contributed by atoms with Gasteiger partial charge >= 0.3 is 0 Å². The lowest BCUT2D eigenvalue weighted by Crippen LogP contribution is -2.39. The van der Waals surface area contributed by atoms with Crippen molar-refractivity contribution in [2.24, 2.45) is 0 Å². The van der Waals surface area contributed by atoms with Crippen LogP contribution in [0.2, 0.25) is 0 Å². The second-order valence-electron chi connectivity index (χ2n) is 3.62. The fourth-order valence-corrected chi connectivity index (χ4v) is 1.36. The molecule has 0 aromatic carbocycles. The van der Waals surface area contributed by atoms with Gasteiger partial charge in [-0.05, 0) is 19.3 Å². The molecule has 0 radical (unpaired) electrons. The Bertz CT molecular complexity index is 148. The Morgan fingerprint density at radius 3 is 2.43 bits per heavy atom. The zero-order valence-electron chi connectivity index (χ0n) is 9.73. The topological polar surface area (TPSA) is 41.1 Å². The minimum atomic E-state index is 0.112. The van der Waals surface area contributed by atoms with Crippen LogP contribution in [0.4, 0.5) is 0 Å². The van der Waals surface area contributed by atoms with Crippen LogP contribution in [-0.2, 0) is 4.79 Å². The third kappa shape index (κ3) is 6.89. The van der Waals surface area contributed by atoms with E-state index in [1.54, 1.807) is 0 Å². The predicted molar refractivity (Wildman–Crippen MR) is 60.3 cm³/mol. The molecule has 0 aromatic rings. The molecule has 0 heterocycles. The van der Waals surface area contributed by atoms with Crippen LogP contribution >= 0.6 is 0 Å². The summed E-state index contributed by atoms with van der Waals surface area (Å²) >= 11 is 0. The summed E-state index contributed by atoms with van der Waals surface area (Å²) < 4.78 is 0. The van der Waals surface area contributed by atoms with Gasteiger partial charge < -0.3 is 10.6 Å². The molecular weight excluding hydrogens is 176 g/mol. The Labute approximate surface area is 87.6 Å². The van der Waals surface area contributed by atoms with Crippen molar-refractivity contribution in [1.29, 1.82) is 0 Å². The molecule has 0 aromatic heterocycles. The molecule has 0 saturated heterocycles. The van der Waals surface area contributed by atoms with Gasteiger partial charge in [0, 0.05) is 12.6 Å². The molecule has 1 unspecified atom stereocenters. The molecule has 0 fully saturated rings. The molecule has 0 aliphatic rings. The number of hydrogen-bond acceptors (Lipinski definition) is 2. The number of amides is 1. The summed E-state index contributed by atoms with van der Waals surface area (Å²) in [5.41, 5.74) is 0. The van der Waals surface area contributed by atoms with E-state index in [4.69, 9.17) is 0 Å². The highest BCUT2D eigenvalue weighted by Gasteiger charge is 2.06. The summed E-state index contributed by atoms with van der Waals surface area (Å²) in [5, 5.41) is 6.12. The molecule has 3 nitrogen and oxygen atoms in total. The monoisotopic (exact) mass is 200 g/mol. The fraction of sp³-hybridized carbons (Fsp3) is 0.909. The first-order valence-electron chi connectivity index (χ1n) is 5.74. The molecule has 0 bridgehead atoms. The van der Waals surface area contributed by atoms with Gasteiger partial charge in [-0.2, -0.15) is 0 Å². The minimum absolute atomic E-state index is 0.112. The third-order valence-electron chi connectivity index (χ3n) is 2.25. The van der Waals surface area contributed by atoms with Gasteiger partial charge in [0.25, 0.3) is 0 Å². The molecule has 0 rings (SSSR count). The fourth-order valence-electron chi connectivity index (χ4n) is 1.36. The summed E-state index contributed by atoms with van der Waals surface area (Å²) in [7, 11) is 0. The van der Waals surface area contributed by atoms with Crippen molar-refractivity contribution in [1.82, 2.24) is 10.6 Å². The number of hydrogen-bond donors (Lipinski definition) is 2. The lowest BCUT2D eigenvalue weighted by atomic mass is 10.1. The Kier molecular flexibility index (Phi) is 8.64. The van der Waals surface area contributed by atoms with Crippen molar-refractivity contribution < 1.29 is 4.79 Å². The molecule has 2 N–H and O–H groups in total. The van der Waals surface area contributed by atoms with Crippen molar-refractivity contribution in [3.8, 4) is 0 Å². The Morgan fingerprint density at radius 2 is 1.93 bits per heavy atom. The molecule has 84 valence electrons. The largest absolute Gasteiger partial charge is 0.355 e. The van der Waals surface area contributed by atoms with Gasteiger partial charge in [0.05, 0.1) is 6.54 Å². The highest BCUT2D eigenvalue weighted by Crippen LogP contribution is 1.99. The van der Waals surface area contributed by atoms with Gasteiger partial charge in [-0.15, -0.1) is 0 Å². The van der Waals surface area contributed by atoms with Crippen LogP contribution in [0.1, 0.15) is 46.5 Å². The molecule has 3 heteroatoms. The van der Waals surface area contributed by atoms with E-state index in [2.05, 4.69) is 31.4 Å². The zero-order valence-corrected chi connectivity index (χ0v) is 9.73. The maximum Gasteiger partial charge on any atom is 0.233 e. The first-order chi connectivity index (χ1) is 6.74. The first-order valence-corrected chi connectivity index (χ1v) is 5.74. The van der Waals surface area contributed by atoms with E-state index < -0.39 is 0 Å². The summed E-state index contributed by atoms with van der Waals surface area (Å²) in [6.07, 6.45) is 4.41. The first kappa shape index (κ1) is 13.4. The quantitative estimate of drug-likeness (QED) is 0.626. The van der Waals surface area contributed by atoms with E-state index in [-0.39, 0.29) is 5.91 Å². The Hall–Kier alpha value is -0.570. The SMILES string of the molecule is CCCNC(=O)CNC(CC)CCC. The average Bonchev–Trinajstić information content (AvgIpc) is 2.21. The maximum absolute atomic E-state index is 11.3. The molecular formula is C11H24N2O. The maximum atomic E-state index is 11.3. The number of carbonyl (C=O) groups is 1. The minimum Gasteiger partial charge on any atom is -0.355 e. The van der Waals surface area contributed by atoms with E-state index in [0.29, 0.717) is 12.6 Å². The number of nitrogens with one attached hydrogen (secondary N) is 2. The van der Waals surface area contributed by atoms with E-state index >= 15 is 0 Å². The van der Waals surface area contributed by atoms with E-state index in [1.807, 2.05) is 0 Å². The molecule has 0 saturated carbocycles. The predicted octanol–water partition coefficient (Wildman–Crippen LogP) is 1.68. The van der Waals surface area contributed by atoms with Crippen molar-refractivity contribution in [3.63, 3.8) is 0 Å². The summed E-state index contributed by atoms with van der Waals surface area (Å²) in [6.45, 7) is 7.61. The van der Waals surface area contributed by atoms with Crippen LogP contribution in [0, 0.1) is 0 Å². The van der Waals surface area contributed by atoms with Crippen LogP contribution < -0.4 is 10.6 Å². The Morgan fingerprint density at radius 1 is 1.21 bits per heavy atom. The molecule has 1 amide bonds. The standard InChI is InChI=1S/C11H24N2O/c1-4-7-10(6-3)13-9-11(14)12-8-5-2/h10,13H,4-9H2,1-3H3,(H,12,14). The molecule has 1 atom stereocenters. The van der Waals surface area contributed by atoms with Gasteiger partial charge in [-0.25, -0.2) is 0 Å². The second kappa shape index (κ2) is 9.00. The second-order valence-corrected chi connectivity index (χ2v) is 3.62. The number of carbonyl (C=O) groups excluding carboxylic acids is 1. The number of rotatable bonds is 8. The highest BCUT2D eigenvalue weighted by atomic mass is 16.1. The molecule has 0 spiro atoms. The van der Waals surface area contributed by atoms with E-state index in [0.717, 1.165) is 25.8 Å². The summed E-state index contributed by atoms with van der Waals surface area (Å²) in [4.78, 5) is 11.3. The smallest absolute Gasteiger partial charge is 0.233 e. The van der Waals surface area contributed by atoms with E-state index in [9.17, 15) is 4.79 Å². The van der Waals surface area contributed by atoms with E-state index in [1.165, 1.54) is 6.42 Å². The molecule has 0 aliphatic carbocycles. The summed E-state index contributed by atoms with van der Waals surface area (Å²) in [6, 6.07) is 0.493. The van der Waals surface area contributed by atoms with Crippen LogP contribution in [0.5, 0.6) is 0 Å². The van der Waals surface area contributed by atoms with Gasteiger partial charge in [0.1, 0.15) is 0 Å². The van der Waals surface area contributed by atoms with Crippen molar-refractivity contribution in [2.75, 3.05) is 13.1 Å². The molecule has 14 heavy (non-hydrogen) atoms. The van der Waals surface area contributed by atoms with Crippen LogP contribution in [0.25, 0.3) is 0 Å². The van der Waals surface area contributed by atoms with Crippen LogP contribution in [0.3, 0.4) is 0 Å². The zero-order chi connectivity index (χ0) is 10.8. The normalized spacial score (nSPS) is 12.5. The lowest BCUT2D eigenvalue weighted by Gasteiger charge is -2.15. The van der Waals surface area contributed by atoms with Crippen LogP contribution in [-0.4, -0.2) is 25.0 Å². The van der Waals surface area contributed by atoms with Gasteiger partial charge in [0.2, 0.25) is 5.91 Å². The van der Waals surface area contributed by atoms with Crippen molar-refractivity contribution >= 4 is 5.91 Å². The van der Waals surface area contributed by atoms with Crippen molar-refractivity contribution in [3.05, 3.63) is 0 Å². The molecule has 0 aliphatic heterocycles. The van der Waals surface area contributed by atoms with Gasteiger partial charge in [-0.1, -0.05) is 27.2 Å².